The van der Waals surface area contributed by atoms with Gasteiger partial charge in [-0.05, 0) is 67.4 Å². The van der Waals surface area contributed by atoms with Gasteiger partial charge in [0.05, 0.1) is 16.8 Å². The third kappa shape index (κ3) is 5.52. The summed E-state index contributed by atoms with van der Waals surface area (Å²) in [6, 6.07) is 19.3. The van der Waals surface area contributed by atoms with Gasteiger partial charge in [0, 0.05) is 12.0 Å². The lowest BCUT2D eigenvalue weighted by atomic mass is 10.0. The molecule has 3 aromatic rings. The second-order valence-electron chi connectivity index (χ2n) is 7.44. The molecule has 3 rings (SSSR count). The van der Waals surface area contributed by atoms with Crippen molar-refractivity contribution in [3.05, 3.63) is 89.5 Å². The van der Waals surface area contributed by atoms with E-state index in [9.17, 15) is 18.3 Å². The van der Waals surface area contributed by atoms with Crippen molar-refractivity contribution in [2.24, 2.45) is 0 Å². The molecule has 0 aliphatic heterocycles. The Morgan fingerprint density at radius 1 is 0.935 bits per heavy atom. The van der Waals surface area contributed by atoms with E-state index in [1.54, 1.807) is 48.5 Å². The molecular weight excluding hydrogens is 412 g/mol. The maximum Gasteiger partial charge on any atom is 0.185 e. The molecule has 0 aromatic heterocycles. The van der Waals surface area contributed by atoms with Gasteiger partial charge in [-0.2, -0.15) is 0 Å². The van der Waals surface area contributed by atoms with Crippen LogP contribution in [0, 0.1) is 6.92 Å². The van der Waals surface area contributed by atoms with Crippen LogP contribution in [0.3, 0.4) is 0 Å². The first-order chi connectivity index (χ1) is 14.8. The van der Waals surface area contributed by atoms with Crippen LogP contribution in [-0.4, -0.2) is 25.9 Å². The average molecular weight is 439 g/mol. The summed E-state index contributed by atoms with van der Waals surface area (Å²) in [5, 5.41) is 8.42. The van der Waals surface area contributed by atoms with Crippen molar-refractivity contribution in [3.63, 3.8) is 0 Å². The standard InChI is InChI=1S/C25H26O5S/c1-3-16-30-22-12-8-20(9-13-22)25(17-24(27)19-6-10-21(26)11-7-19)31(28,29)23-14-4-18(2)5-15-23/h4-15,25-26H,3,16-17H2,1-2H3. The van der Waals surface area contributed by atoms with Crippen molar-refractivity contribution in [2.75, 3.05) is 6.61 Å². The molecule has 162 valence electrons. The van der Waals surface area contributed by atoms with Gasteiger partial charge in [-0.1, -0.05) is 36.8 Å². The van der Waals surface area contributed by atoms with E-state index >= 15 is 0 Å². The Morgan fingerprint density at radius 2 is 1.55 bits per heavy atom. The van der Waals surface area contributed by atoms with E-state index in [-0.39, 0.29) is 22.8 Å². The molecule has 1 atom stereocenters. The van der Waals surface area contributed by atoms with Crippen molar-refractivity contribution in [2.45, 2.75) is 36.8 Å². The number of hydrogen-bond donors (Lipinski definition) is 1. The minimum atomic E-state index is -3.82. The van der Waals surface area contributed by atoms with Crippen LogP contribution in [0.4, 0.5) is 0 Å². The number of ketones is 1. The zero-order chi connectivity index (χ0) is 22.4. The molecule has 3 aromatic carbocycles. The molecule has 0 saturated carbocycles. The van der Waals surface area contributed by atoms with Gasteiger partial charge in [0.2, 0.25) is 0 Å². The molecule has 31 heavy (non-hydrogen) atoms. The van der Waals surface area contributed by atoms with Gasteiger partial charge in [0.25, 0.3) is 0 Å². The summed E-state index contributed by atoms with van der Waals surface area (Å²) in [7, 11) is -3.82. The van der Waals surface area contributed by atoms with Gasteiger partial charge >= 0.3 is 0 Å². The highest BCUT2D eigenvalue weighted by molar-refractivity contribution is 7.91. The number of benzene rings is 3. The predicted molar refractivity (Wildman–Crippen MR) is 120 cm³/mol. The largest absolute Gasteiger partial charge is 0.508 e. The number of phenolic OH excluding ortho intramolecular Hbond substituents is 1. The lowest BCUT2D eigenvalue weighted by molar-refractivity contribution is 0.0980. The molecule has 0 bridgehead atoms. The topological polar surface area (TPSA) is 80.7 Å². The smallest absolute Gasteiger partial charge is 0.185 e. The quantitative estimate of drug-likeness (QED) is 0.460. The molecule has 1 unspecified atom stereocenters. The van der Waals surface area contributed by atoms with E-state index < -0.39 is 15.1 Å². The monoisotopic (exact) mass is 438 g/mol. The zero-order valence-electron chi connectivity index (χ0n) is 17.6. The Hall–Kier alpha value is -3.12. The molecular formula is C25H26O5S. The van der Waals surface area contributed by atoms with Gasteiger partial charge in [-0.25, -0.2) is 8.42 Å². The first kappa shape index (κ1) is 22.6. The number of aromatic hydroxyl groups is 1. The highest BCUT2D eigenvalue weighted by atomic mass is 32.2. The van der Waals surface area contributed by atoms with Crippen LogP contribution in [0.15, 0.2) is 77.7 Å². The van der Waals surface area contributed by atoms with E-state index in [0.29, 0.717) is 23.5 Å². The van der Waals surface area contributed by atoms with Crippen LogP contribution in [0.2, 0.25) is 0 Å². The predicted octanol–water partition coefficient (Wildman–Crippen LogP) is 5.28. The van der Waals surface area contributed by atoms with Gasteiger partial charge in [-0.3, -0.25) is 4.79 Å². The SMILES string of the molecule is CCCOc1ccc(C(CC(=O)c2ccc(O)cc2)S(=O)(=O)c2ccc(C)cc2)cc1. The third-order valence-electron chi connectivity index (χ3n) is 5.01. The zero-order valence-corrected chi connectivity index (χ0v) is 18.4. The van der Waals surface area contributed by atoms with Crippen LogP contribution in [0.25, 0.3) is 0 Å². The molecule has 0 heterocycles. The minimum Gasteiger partial charge on any atom is -0.508 e. The van der Waals surface area contributed by atoms with Crippen LogP contribution >= 0.6 is 0 Å². The number of aryl methyl sites for hydroxylation is 1. The van der Waals surface area contributed by atoms with Crippen molar-refractivity contribution in [3.8, 4) is 11.5 Å². The molecule has 1 N–H and O–H groups in total. The number of Topliss-reactive ketones (excluding diaryl/α,β-unsaturated/α-hetero) is 1. The summed E-state index contributed by atoms with van der Waals surface area (Å²) in [5.41, 5.74) is 1.83. The molecule has 0 amide bonds. The van der Waals surface area contributed by atoms with Crippen molar-refractivity contribution >= 4 is 15.6 Å². The van der Waals surface area contributed by atoms with E-state index in [1.807, 2.05) is 13.8 Å². The Morgan fingerprint density at radius 3 is 2.13 bits per heavy atom. The van der Waals surface area contributed by atoms with Crippen LogP contribution < -0.4 is 4.74 Å². The number of phenols is 1. The fourth-order valence-electron chi connectivity index (χ4n) is 3.23. The molecule has 5 nitrogen and oxygen atoms in total. The van der Waals surface area contributed by atoms with Crippen molar-refractivity contribution in [1.82, 2.24) is 0 Å². The molecule has 0 aliphatic carbocycles. The molecule has 0 aliphatic rings. The van der Waals surface area contributed by atoms with Gasteiger partial charge in [0.15, 0.2) is 15.6 Å². The third-order valence-corrected chi connectivity index (χ3v) is 7.13. The fraction of sp³-hybridized carbons (Fsp3) is 0.240. The van der Waals surface area contributed by atoms with Crippen LogP contribution in [-0.2, 0) is 9.84 Å². The number of carbonyl (C=O) groups is 1. The highest BCUT2D eigenvalue weighted by Crippen LogP contribution is 2.34. The first-order valence-electron chi connectivity index (χ1n) is 10.2. The lowest BCUT2D eigenvalue weighted by Crippen LogP contribution is -2.18. The number of ether oxygens (including phenoxy) is 1. The minimum absolute atomic E-state index is 0.0445. The van der Waals surface area contributed by atoms with Crippen molar-refractivity contribution < 1.29 is 23.1 Å². The molecule has 6 heteroatoms. The average Bonchev–Trinajstić information content (AvgIpc) is 2.77. The highest BCUT2D eigenvalue weighted by Gasteiger charge is 2.31. The van der Waals surface area contributed by atoms with E-state index in [1.165, 1.54) is 24.3 Å². The normalized spacial score (nSPS) is 12.3. The Bertz CT molecular complexity index is 1120. The molecule has 0 fully saturated rings. The van der Waals surface area contributed by atoms with Gasteiger partial charge < -0.3 is 9.84 Å². The number of sulfone groups is 1. The summed E-state index contributed by atoms with van der Waals surface area (Å²) in [5.74, 6) is 0.386. The lowest BCUT2D eigenvalue weighted by Gasteiger charge is -2.19. The Balaban J connectivity index is 1.97. The van der Waals surface area contributed by atoms with Crippen LogP contribution in [0.5, 0.6) is 11.5 Å². The summed E-state index contributed by atoms with van der Waals surface area (Å²) in [6.45, 7) is 4.47. The maximum absolute atomic E-state index is 13.5. The Kier molecular flexibility index (Phi) is 7.13. The first-order valence-corrected chi connectivity index (χ1v) is 11.7. The van der Waals surface area contributed by atoms with Crippen LogP contribution in [0.1, 0.15) is 46.5 Å². The molecule has 0 spiro atoms. The number of carbonyl (C=O) groups excluding carboxylic acids is 1. The Labute approximate surface area is 183 Å². The second-order valence-corrected chi connectivity index (χ2v) is 9.57. The van der Waals surface area contributed by atoms with E-state index in [4.69, 9.17) is 4.74 Å². The van der Waals surface area contributed by atoms with Gasteiger partial charge in [0.1, 0.15) is 11.5 Å². The molecule has 0 saturated heterocycles. The summed E-state index contributed by atoms with van der Waals surface area (Å²) < 4.78 is 32.6. The summed E-state index contributed by atoms with van der Waals surface area (Å²) in [6.07, 6.45) is 0.656. The number of rotatable bonds is 9. The van der Waals surface area contributed by atoms with E-state index in [0.717, 1.165) is 12.0 Å². The molecule has 0 radical (unpaired) electrons. The maximum atomic E-state index is 13.5. The van der Waals surface area contributed by atoms with Gasteiger partial charge in [-0.15, -0.1) is 0 Å². The summed E-state index contributed by atoms with van der Waals surface area (Å²) in [4.78, 5) is 13.1. The number of hydrogen-bond acceptors (Lipinski definition) is 5. The fourth-order valence-corrected chi connectivity index (χ4v) is 4.96. The van der Waals surface area contributed by atoms with E-state index in [2.05, 4.69) is 0 Å². The second kappa shape index (κ2) is 9.79. The summed E-state index contributed by atoms with van der Waals surface area (Å²) >= 11 is 0. The van der Waals surface area contributed by atoms with Crippen molar-refractivity contribution in [1.29, 1.82) is 0 Å².